The molecule has 0 aliphatic carbocycles. The fourth-order valence-corrected chi connectivity index (χ4v) is 7.64. The normalized spacial score (nSPS) is 12.2. The molecule has 4 rings (SSSR count). The summed E-state index contributed by atoms with van der Waals surface area (Å²) in [5.74, 6) is 0.566. The van der Waals surface area contributed by atoms with Crippen molar-refractivity contribution in [1.29, 1.82) is 0 Å². The first-order chi connectivity index (χ1) is 16.9. The summed E-state index contributed by atoms with van der Waals surface area (Å²) in [7, 11) is -5.71. The van der Waals surface area contributed by atoms with Crippen molar-refractivity contribution in [2.75, 3.05) is 14.2 Å². The minimum absolute atomic E-state index is 0.170. The molecule has 0 aliphatic rings. The molecule has 192 valence electrons. The van der Waals surface area contributed by atoms with Gasteiger partial charge in [-0.1, -0.05) is 0 Å². The van der Waals surface area contributed by atoms with E-state index in [1.807, 2.05) is 0 Å². The fraction of sp³-hybridized carbons (Fsp3) is 0.190. The van der Waals surface area contributed by atoms with Gasteiger partial charge in [0, 0.05) is 15.3 Å². The van der Waals surface area contributed by atoms with Gasteiger partial charge in [0.25, 0.3) is 0 Å². The summed E-state index contributed by atoms with van der Waals surface area (Å²) in [6.07, 6.45) is -0.798. The molecular weight excluding hydrogens is 550 g/mol. The third kappa shape index (κ3) is 6.08. The molecule has 0 fully saturated rings. The molecule has 0 aliphatic heterocycles. The monoisotopic (exact) mass is 572 g/mol. The molecule has 0 saturated carbocycles. The lowest BCUT2D eigenvalue weighted by Crippen LogP contribution is -1.91. The number of phenols is 1. The number of thiophene rings is 2. The first-order valence-electron chi connectivity index (χ1n) is 10.2. The number of methoxy groups -OCH3 is 2. The zero-order valence-electron chi connectivity index (χ0n) is 18.9. The highest BCUT2D eigenvalue weighted by Crippen LogP contribution is 2.47. The quantitative estimate of drug-likeness (QED) is 0.155. The topological polar surface area (TPSA) is 182 Å². The standard InChI is InChI=1S/C21H22N2O9P2S2/c1-31-14-7-11(8-15(32-2)20(14)24)21-22-18(16-5-3-12(35-16)9-33(25,26)27)19(23-21)17-6-4-13(36-17)10-34(28,29)30/h3-8,24H,9-10H2,1-2H3,(H,22,23)(H2,25,26,27)(H2,28,29,30). The van der Waals surface area contributed by atoms with E-state index >= 15 is 0 Å². The summed E-state index contributed by atoms with van der Waals surface area (Å²) in [6.45, 7) is 0. The van der Waals surface area contributed by atoms with Crippen LogP contribution < -0.4 is 9.47 Å². The Labute approximate surface area is 213 Å². The maximum Gasteiger partial charge on any atom is 0.330 e. The number of aromatic hydroxyl groups is 1. The first kappa shape index (κ1) is 26.6. The smallest absolute Gasteiger partial charge is 0.330 e. The molecule has 0 unspecified atom stereocenters. The molecule has 1 aromatic carbocycles. The van der Waals surface area contributed by atoms with Gasteiger partial charge in [-0.15, -0.1) is 22.7 Å². The zero-order valence-corrected chi connectivity index (χ0v) is 22.3. The number of hydrogen-bond donors (Lipinski definition) is 6. The van der Waals surface area contributed by atoms with Crippen LogP contribution in [0.5, 0.6) is 17.2 Å². The molecular formula is C21H22N2O9P2S2. The summed E-state index contributed by atoms with van der Waals surface area (Å²) < 4.78 is 33.4. The van der Waals surface area contributed by atoms with Crippen LogP contribution in [0.15, 0.2) is 36.4 Å². The lowest BCUT2D eigenvalue weighted by Gasteiger charge is -2.10. The molecule has 0 atom stereocenters. The maximum atomic E-state index is 11.5. The second-order valence-electron chi connectivity index (χ2n) is 7.72. The molecule has 36 heavy (non-hydrogen) atoms. The van der Waals surface area contributed by atoms with Gasteiger partial charge in [-0.2, -0.15) is 0 Å². The summed E-state index contributed by atoms with van der Waals surface area (Å²) in [6, 6.07) is 9.83. The Bertz CT molecular complexity index is 1390. The van der Waals surface area contributed by atoms with Crippen LogP contribution in [0.3, 0.4) is 0 Å². The summed E-state index contributed by atoms with van der Waals surface area (Å²) >= 11 is 2.37. The predicted molar refractivity (Wildman–Crippen MR) is 137 cm³/mol. The van der Waals surface area contributed by atoms with E-state index in [-0.39, 0.29) is 17.2 Å². The van der Waals surface area contributed by atoms with Crippen LogP contribution in [0.1, 0.15) is 9.75 Å². The molecule has 0 saturated heterocycles. The molecule has 6 N–H and O–H groups in total. The van der Waals surface area contributed by atoms with Crippen LogP contribution in [-0.4, -0.2) is 48.9 Å². The number of imidazole rings is 1. The van der Waals surface area contributed by atoms with Gasteiger partial charge in [-0.3, -0.25) is 9.13 Å². The molecule has 3 heterocycles. The van der Waals surface area contributed by atoms with Gasteiger partial charge in [-0.05, 0) is 36.4 Å². The molecule has 0 radical (unpaired) electrons. The number of H-pyrrole nitrogens is 1. The van der Waals surface area contributed by atoms with Gasteiger partial charge < -0.3 is 39.1 Å². The summed E-state index contributed by atoms with van der Waals surface area (Å²) in [5.41, 5.74) is 1.58. The van der Waals surface area contributed by atoms with E-state index in [2.05, 4.69) is 4.98 Å². The van der Waals surface area contributed by atoms with Crippen molar-refractivity contribution in [3.63, 3.8) is 0 Å². The lowest BCUT2D eigenvalue weighted by molar-refractivity contribution is 0.340. The second kappa shape index (κ2) is 10.1. The molecule has 0 spiro atoms. The van der Waals surface area contributed by atoms with E-state index in [0.717, 1.165) is 0 Å². The summed E-state index contributed by atoms with van der Waals surface area (Å²) in [4.78, 5) is 47.6. The van der Waals surface area contributed by atoms with Crippen molar-refractivity contribution in [2.24, 2.45) is 0 Å². The van der Waals surface area contributed by atoms with Crippen LogP contribution in [0.25, 0.3) is 32.5 Å². The second-order valence-corrected chi connectivity index (χ2v) is 13.3. The molecule has 0 bridgehead atoms. The van der Waals surface area contributed by atoms with Crippen molar-refractivity contribution in [3.05, 3.63) is 46.2 Å². The van der Waals surface area contributed by atoms with Gasteiger partial charge in [0.2, 0.25) is 5.75 Å². The SMILES string of the molecule is COc1cc(-c2nc(-c3ccc(CP(=O)(O)O)s3)c(-c3ccc(CP(=O)(O)O)s3)[nH]2)cc(OC)c1O. The van der Waals surface area contributed by atoms with Crippen molar-refractivity contribution in [1.82, 2.24) is 9.97 Å². The van der Waals surface area contributed by atoms with Crippen LogP contribution in [-0.2, 0) is 21.5 Å². The van der Waals surface area contributed by atoms with Gasteiger partial charge in [0.1, 0.15) is 11.5 Å². The number of nitrogens with one attached hydrogen (secondary N) is 1. The van der Waals surface area contributed by atoms with Crippen LogP contribution in [0.2, 0.25) is 0 Å². The summed E-state index contributed by atoms with van der Waals surface area (Å²) in [5, 5.41) is 10.3. The van der Waals surface area contributed by atoms with Crippen LogP contribution in [0.4, 0.5) is 0 Å². The van der Waals surface area contributed by atoms with E-state index in [9.17, 15) is 33.8 Å². The van der Waals surface area contributed by atoms with E-state index in [1.54, 1.807) is 36.4 Å². The number of nitrogens with zero attached hydrogens (tertiary/aromatic N) is 1. The van der Waals surface area contributed by atoms with E-state index in [1.165, 1.54) is 36.9 Å². The zero-order chi connectivity index (χ0) is 26.3. The van der Waals surface area contributed by atoms with Crippen molar-refractivity contribution >= 4 is 37.9 Å². The Kier molecular flexibility index (Phi) is 7.47. The Morgan fingerprint density at radius 2 is 1.36 bits per heavy atom. The maximum absolute atomic E-state index is 11.5. The number of rotatable bonds is 9. The lowest BCUT2D eigenvalue weighted by atomic mass is 10.1. The number of aromatic nitrogens is 2. The molecule has 11 nitrogen and oxygen atoms in total. The minimum atomic E-state index is -4.26. The Balaban J connectivity index is 1.85. The van der Waals surface area contributed by atoms with Gasteiger partial charge in [0.05, 0.1) is 42.0 Å². The van der Waals surface area contributed by atoms with E-state index in [0.29, 0.717) is 42.3 Å². The largest absolute Gasteiger partial charge is 0.502 e. The van der Waals surface area contributed by atoms with Crippen molar-refractivity contribution in [3.8, 4) is 49.8 Å². The molecule has 15 heteroatoms. The number of ether oxygens (including phenoxy) is 2. The highest BCUT2D eigenvalue weighted by Gasteiger charge is 2.23. The fourth-order valence-electron chi connectivity index (χ4n) is 3.49. The van der Waals surface area contributed by atoms with Crippen molar-refractivity contribution in [2.45, 2.75) is 12.3 Å². The molecule has 3 aromatic heterocycles. The number of aromatic amines is 1. The van der Waals surface area contributed by atoms with E-state index < -0.39 is 27.5 Å². The van der Waals surface area contributed by atoms with E-state index in [4.69, 9.17) is 14.5 Å². The van der Waals surface area contributed by atoms with Crippen LogP contribution >= 0.6 is 37.9 Å². The highest BCUT2D eigenvalue weighted by atomic mass is 32.1. The number of hydrogen-bond acceptors (Lipinski definition) is 8. The van der Waals surface area contributed by atoms with Gasteiger partial charge in [0.15, 0.2) is 11.5 Å². The predicted octanol–water partition coefficient (Wildman–Crippen LogP) is 4.61. The average molecular weight is 572 g/mol. The first-order valence-corrected chi connectivity index (χ1v) is 15.4. The Morgan fingerprint density at radius 1 is 0.861 bits per heavy atom. The number of phenolic OH excluding ortho intramolecular Hbond substituents is 1. The molecule has 4 aromatic rings. The third-order valence-electron chi connectivity index (χ3n) is 4.98. The van der Waals surface area contributed by atoms with Gasteiger partial charge in [-0.25, -0.2) is 4.98 Å². The average Bonchev–Trinajstić information content (AvgIpc) is 3.51. The highest BCUT2D eigenvalue weighted by molar-refractivity contribution is 7.51. The number of benzene rings is 1. The van der Waals surface area contributed by atoms with Gasteiger partial charge >= 0.3 is 15.2 Å². The van der Waals surface area contributed by atoms with Crippen molar-refractivity contribution < 1.29 is 43.3 Å². The Hall–Kier alpha value is -2.47. The van der Waals surface area contributed by atoms with Crippen LogP contribution in [0, 0.1) is 0 Å². The Morgan fingerprint density at radius 3 is 1.86 bits per heavy atom. The minimum Gasteiger partial charge on any atom is -0.502 e. The third-order valence-corrected chi connectivity index (χ3v) is 9.11. The molecule has 0 amide bonds.